The molecule has 1 atom stereocenters. The zero-order valence-corrected chi connectivity index (χ0v) is 13.1. The van der Waals surface area contributed by atoms with Crippen LogP contribution in [-0.2, 0) is 0 Å². The van der Waals surface area contributed by atoms with E-state index in [9.17, 15) is 4.79 Å². The van der Waals surface area contributed by atoms with Crippen LogP contribution in [0.1, 0.15) is 29.9 Å². The normalized spacial score (nSPS) is 13.1. The Labute approximate surface area is 119 Å². The van der Waals surface area contributed by atoms with E-state index in [0.717, 1.165) is 22.7 Å². The molecule has 0 spiro atoms. The smallest absolute Gasteiger partial charge is 0.261 e. The van der Waals surface area contributed by atoms with Crippen molar-refractivity contribution in [3.05, 3.63) is 16.3 Å². The zero-order chi connectivity index (χ0) is 13.7. The number of thiophene rings is 1. The molecule has 0 fully saturated rings. The van der Waals surface area contributed by atoms with Crippen molar-refractivity contribution in [1.29, 1.82) is 0 Å². The van der Waals surface area contributed by atoms with E-state index in [2.05, 4.69) is 36.7 Å². The van der Waals surface area contributed by atoms with Crippen LogP contribution < -0.4 is 5.32 Å². The Morgan fingerprint density at radius 2 is 2.17 bits per heavy atom. The van der Waals surface area contributed by atoms with Gasteiger partial charge in [0, 0.05) is 22.9 Å². The molecule has 1 rings (SSSR count). The second kappa shape index (κ2) is 7.16. The molecule has 0 aliphatic heterocycles. The van der Waals surface area contributed by atoms with E-state index in [1.165, 1.54) is 11.3 Å². The first-order valence-electron chi connectivity index (χ1n) is 6.11. The fourth-order valence-corrected chi connectivity index (χ4v) is 2.94. The maximum atomic E-state index is 12.1. The molecule has 102 valence electrons. The molecule has 1 aromatic heterocycles. The fourth-order valence-electron chi connectivity index (χ4n) is 1.89. The Hall–Kier alpha value is -0.520. The highest BCUT2D eigenvalue weighted by Gasteiger charge is 2.17. The highest BCUT2D eigenvalue weighted by Crippen LogP contribution is 2.18. The van der Waals surface area contributed by atoms with Crippen molar-refractivity contribution in [2.45, 2.75) is 31.2 Å². The van der Waals surface area contributed by atoms with Crippen molar-refractivity contribution in [1.82, 2.24) is 10.2 Å². The van der Waals surface area contributed by atoms with Gasteiger partial charge in [0.1, 0.15) is 0 Å². The van der Waals surface area contributed by atoms with E-state index < -0.39 is 0 Å². The van der Waals surface area contributed by atoms with E-state index in [4.69, 9.17) is 0 Å². The first-order valence-corrected chi connectivity index (χ1v) is 7.44. The molecular formula is C13H22N2OS2. The summed E-state index contributed by atoms with van der Waals surface area (Å²) in [4.78, 5) is 15.8. The summed E-state index contributed by atoms with van der Waals surface area (Å²) in [5, 5.41) is 4.98. The molecule has 0 bridgehead atoms. The Kier molecular flexibility index (Phi) is 6.18. The van der Waals surface area contributed by atoms with Crippen LogP contribution in [0.2, 0.25) is 0 Å². The number of nitrogens with zero attached hydrogens (tertiary/aromatic N) is 1. The standard InChI is InChI=1S/C13H22N2OS2/c1-9(2)5-10(7-15(3)4)14-13(16)12-6-11(17)8-18-12/h6,8-10,17H,5,7H2,1-4H3,(H,14,16). The number of rotatable bonds is 6. The predicted octanol–water partition coefficient (Wildman–Crippen LogP) is 2.74. The van der Waals surface area contributed by atoms with Gasteiger partial charge in [-0.2, -0.15) is 0 Å². The second-order valence-electron chi connectivity index (χ2n) is 5.23. The summed E-state index contributed by atoms with van der Waals surface area (Å²) in [6.07, 6.45) is 0.989. The maximum absolute atomic E-state index is 12.1. The largest absolute Gasteiger partial charge is 0.347 e. The number of thiol groups is 1. The lowest BCUT2D eigenvalue weighted by molar-refractivity contribution is 0.0928. The average molecular weight is 286 g/mol. The Morgan fingerprint density at radius 3 is 2.61 bits per heavy atom. The van der Waals surface area contributed by atoms with E-state index >= 15 is 0 Å². The third-order valence-corrected chi connectivity index (χ3v) is 3.85. The van der Waals surface area contributed by atoms with Gasteiger partial charge in [0.15, 0.2) is 0 Å². The van der Waals surface area contributed by atoms with Crippen LogP contribution in [-0.4, -0.2) is 37.5 Å². The van der Waals surface area contributed by atoms with E-state index in [1.807, 2.05) is 25.5 Å². The first kappa shape index (κ1) is 15.5. The summed E-state index contributed by atoms with van der Waals surface area (Å²) in [5.74, 6) is 0.576. The van der Waals surface area contributed by atoms with Gasteiger partial charge >= 0.3 is 0 Å². The number of carbonyl (C=O) groups is 1. The van der Waals surface area contributed by atoms with Crippen molar-refractivity contribution in [2.75, 3.05) is 20.6 Å². The molecule has 1 heterocycles. The van der Waals surface area contributed by atoms with Gasteiger partial charge in [0.25, 0.3) is 5.91 Å². The molecule has 0 radical (unpaired) electrons. The SMILES string of the molecule is CC(C)CC(CN(C)C)NC(=O)c1cc(S)cs1. The monoisotopic (exact) mass is 286 g/mol. The van der Waals surface area contributed by atoms with Gasteiger partial charge in [-0.25, -0.2) is 0 Å². The van der Waals surface area contributed by atoms with Gasteiger partial charge < -0.3 is 10.2 Å². The lowest BCUT2D eigenvalue weighted by Crippen LogP contribution is -2.42. The topological polar surface area (TPSA) is 32.3 Å². The maximum Gasteiger partial charge on any atom is 0.261 e. The third-order valence-electron chi connectivity index (χ3n) is 2.49. The summed E-state index contributed by atoms with van der Waals surface area (Å²) in [6, 6.07) is 2.00. The van der Waals surface area contributed by atoms with Crippen LogP contribution in [0.4, 0.5) is 0 Å². The minimum absolute atomic E-state index is 0.00722. The highest BCUT2D eigenvalue weighted by molar-refractivity contribution is 7.80. The van der Waals surface area contributed by atoms with Gasteiger partial charge in [-0.15, -0.1) is 24.0 Å². The van der Waals surface area contributed by atoms with Gasteiger partial charge in [-0.1, -0.05) is 13.8 Å². The molecule has 0 saturated carbocycles. The Balaban J connectivity index is 2.61. The highest BCUT2D eigenvalue weighted by atomic mass is 32.1. The molecule has 1 aromatic rings. The van der Waals surface area contributed by atoms with Crippen LogP contribution in [0.25, 0.3) is 0 Å². The van der Waals surface area contributed by atoms with Crippen LogP contribution in [0, 0.1) is 5.92 Å². The molecule has 0 aliphatic rings. The lowest BCUT2D eigenvalue weighted by atomic mass is 10.0. The van der Waals surface area contributed by atoms with Gasteiger partial charge in [-0.3, -0.25) is 4.79 Å². The van der Waals surface area contributed by atoms with Gasteiger partial charge in [-0.05, 0) is 32.5 Å². The average Bonchev–Trinajstić information content (AvgIpc) is 2.62. The molecule has 18 heavy (non-hydrogen) atoms. The molecule has 0 aromatic carbocycles. The van der Waals surface area contributed by atoms with Crippen LogP contribution in [0.5, 0.6) is 0 Å². The first-order chi connectivity index (χ1) is 8.38. The van der Waals surface area contributed by atoms with Crippen molar-refractivity contribution < 1.29 is 4.79 Å². The van der Waals surface area contributed by atoms with Crippen LogP contribution >= 0.6 is 24.0 Å². The van der Waals surface area contributed by atoms with Crippen LogP contribution in [0.15, 0.2) is 16.3 Å². The molecule has 0 aliphatic carbocycles. The van der Waals surface area contributed by atoms with Gasteiger partial charge in [0.2, 0.25) is 0 Å². The molecule has 1 amide bonds. The van der Waals surface area contributed by atoms with Crippen molar-refractivity contribution >= 4 is 29.9 Å². The number of nitrogens with one attached hydrogen (secondary N) is 1. The minimum Gasteiger partial charge on any atom is -0.347 e. The summed E-state index contributed by atoms with van der Waals surface area (Å²) in [5.41, 5.74) is 0. The van der Waals surface area contributed by atoms with Gasteiger partial charge in [0.05, 0.1) is 4.88 Å². The molecular weight excluding hydrogens is 264 g/mol. The van der Waals surface area contributed by atoms with Crippen molar-refractivity contribution in [3.63, 3.8) is 0 Å². The summed E-state index contributed by atoms with van der Waals surface area (Å²) >= 11 is 5.66. The second-order valence-corrected chi connectivity index (χ2v) is 6.66. The number of carbonyl (C=O) groups excluding carboxylic acids is 1. The van der Waals surface area contributed by atoms with Crippen molar-refractivity contribution in [2.24, 2.45) is 5.92 Å². The van der Waals surface area contributed by atoms with Crippen molar-refractivity contribution in [3.8, 4) is 0 Å². The number of likely N-dealkylation sites (N-methyl/N-ethyl adjacent to an activating group) is 1. The summed E-state index contributed by atoms with van der Waals surface area (Å²) in [6.45, 7) is 5.21. The van der Waals surface area contributed by atoms with E-state index in [0.29, 0.717) is 5.92 Å². The minimum atomic E-state index is 0.00722. The molecule has 5 heteroatoms. The quantitative estimate of drug-likeness (QED) is 0.788. The number of hydrogen-bond acceptors (Lipinski definition) is 4. The third kappa shape index (κ3) is 5.42. The predicted molar refractivity (Wildman–Crippen MR) is 80.8 cm³/mol. The number of amides is 1. The molecule has 1 unspecified atom stereocenters. The van der Waals surface area contributed by atoms with Crippen LogP contribution in [0.3, 0.4) is 0 Å². The molecule has 1 N–H and O–H groups in total. The number of hydrogen-bond donors (Lipinski definition) is 2. The fraction of sp³-hybridized carbons (Fsp3) is 0.615. The molecule has 0 saturated heterocycles. The zero-order valence-electron chi connectivity index (χ0n) is 11.4. The van der Waals surface area contributed by atoms with E-state index in [1.54, 1.807) is 0 Å². The molecule has 3 nitrogen and oxygen atoms in total. The Morgan fingerprint density at radius 1 is 1.50 bits per heavy atom. The summed E-state index contributed by atoms with van der Waals surface area (Å²) in [7, 11) is 4.05. The van der Waals surface area contributed by atoms with E-state index in [-0.39, 0.29) is 11.9 Å². The Bertz CT molecular complexity index is 378. The lowest BCUT2D eigenvalue weighted by Gasteiger charge is -2.23. The summed E-state index contributed by atoms with van der Waals surface area (Å²) < 4.78 is 0.